The highest BCUT2D eigenvalue weighted by molar-refractivity contribution is 5.96. The smallest absolute Gasteiger partial charge is 0.325 e. The number of anilines is 1. The molecule has 0 unspecified atom stereocenters. The summed E-state index contributed by atoms with van der Waals surface area (Å²) < 4.78 is 12.4. The third-order valence-corrected chi connectivity index (χ3v) is 4.99. The average Bonchev–Trinajstić information content (AvgIpc) is 3.35. The van der Waals surface area contributed by atoms with Crippen molar-refractivity contribution in [3.05, 3.63) is 54.5 Å². The Labute approximate surface area is 173 Å². The normalized spacial score (nSPS) is 13.7. The van der Waals surface area contributed by atoms with E-state index in [1.807, 2.05) is 35.0 Å². The Balaban J connectivity index is 1.35. The molecule has 3 heterocycles. The Hall–Kier alpha value is -3.75. The van der Waals surface area contributed by atoms with Crippen LogP contribution in [0.15, 0.2) is 48.8 Å². The molecule has 9 heteroatoms. The maximum Gasteiger partial charge on any atom is 0.325 e. The van der Waals surface area contributed by atoms with Crippen molar-refractivity contribution in [2.75, 3.05) is 38.8 Å². The molecule has 1 saturated heterocycles. The van der Waals surface area contributed by atoms with Crippen LogP contribution in [0.3, 0.4) is 0 Å². The molecule has 0 radical (unpaired) electrons. The maximum absolute atomic E-state index is 12.8. The summed E-state index contributed by atoms with van der Waals surface area (Å²) in [4.78, 5) is 32.7. The Morgan fingerprint density at radius 2 is 1.97 bits per heavy atom. The molecule has 4 rings (SSSR count). The second kappa shape index (κ2) is 8.32. The summed E-state index contributed by atoms with van der Waals surface area (Å²) in [5.74, 6) is 0.914. The van der Waals surface area contributed by atoms with Gasteiger partial charge in [0, 0.05) is 37.2 Å². The van der Waals surface area contributed by atoms with E-state index in [2.05, 4.69) is 10.3 Å². The lowest BCUT2D eigenvalue weighted by atomic mass is 10.2. The second-order valence-corrected chi connectivity index (χ2v) is 6.87. The van der Waals surface area contributed by atoms with E-state index in [9.17, 15) is 9.59 Å². The fraction of sp³-hybridized carbons (Fsp3) is 0.286. The molecule has 1 aromatic carbocycles. The Bertz CT molecular complexity index is 1050. The average molecular weight is 409 g/mol. The van der Waals surface area contributed by atoms with E-state index in [0.717, 1.165) is 11.3 Å². The first-order valence-electron chi connectivity index (χ1n) is 9.57. The molecule has 3 amide bonds. The van der Waals surface area contributed by atoms with Crippen molar-refractivity contribution in [2.24, 2.45) is 0 Å². The van der Waals surface area contributed by atoms with E-state index in [0.29, 0.717) is 36.8 Å². The molecule has 3 aromatic rings. The summed E-state index contributed by atoms with van der Waals surface area (Å²) >= 11 is 0. The van der Waals surface area contributed by atoms with Crippen LogP contribution in [0.5, 0.6) is 11.5 Å². The van der Waals surface area contributed by atoms with Gasteiger partial charge in [-0.1, -0.05) is 6.07 Å². The summed E-state index contributed by atoms with van der Waals surface area (Å²) in [5, 5.41) is 2.83. The van der Waals surface area contributed by atoms with Gasteiger partial charge in [0.15, 0.2) is 11.5 Å². The minimum absolute atomic E-state index is 0.00397. The van der Waals surface area contributed by atoms with E-state index in [1.165, 1.54) is 4.90 Å². The van der Waals surface area contributed by atoms with Gasteiger partial charge in [-0.25, -0.2) is 9.78 Å². The first-order chi connectivity index (χ1) is 14.6. The lowest BCUT2D eigenvalue weighted by Gasteiger charge is -2.19. The Kier molecular flexibility index (Phi) is 5.42. The third-order valence-electron chi connectivity index (χ3n) is 4.99. The molecule has 2 aromatic heterocycles. The van der Waals surface area contributed by atoms with Gasteiger partial charge in [0.25, 0.3) is 0 Å². The van der Waals surface area contributed by atoms with E-state index < -0.39 is 0 Å². The van der Waals surface area contributed by atoms with Crippen molar-refractivity contribution in [3.8, 4) is 11.5 Å². The summed E-state index contributed by atoms with van der Waals surface area (Å²) in [6, 6.07) is 10.8. The van der Waals surface area contributed by atoms with Gasteiger partial charge in [-0.15, -0.1) is 0 Å². The number of carbonyl (C=O) groups excluding carboxylic acids is 2. The van der Waals surface area contributed by atoms with Gasteiger partial charge < -0.3 is 24.1 Å². The number of hydrogen-bond acceptors (Lipinski definition) is 5. The van der Waals surface area contributed by atoms with Gasteiger partial charge in [0.2, 0.25) is 5.91 Å². The Morgan fingerprint density at radius 1 is 1.13 bits per heavy atom. The van der Waals surface area contributed by atoms with Gasteiger partial charge in [-0.2, -0.15) is 0 Å². The summed E-state index contributed by atoms with van der Waals surface area (Å²) in [6.07, 6.45) is 3.77. The maximum atomic E-state index is 12.8. The minimum Gasteiger partial charge on any atom is -0.493 e. The van der Waals surface area contributed by atoms with Crippen LogP contribution in [0.25, 0.3) is 5.65 Å². The number of benzene rings is 1. The van der Waals surface area contributed by atoms with Crippen LogP contribution in [0.4, 0.5) is 10.5 Å². The monoisotopic (exact) mass is 409 g/mol. The molecular weight excluding hydrogens is 386 g/mol. The van der Waals surface area contributed by atoms with Crippen molar-refractivity contribution < 1.29 is 19.1 Å². The van der Waals surface area contributed by atoms with E-state index in [-0.39, 0.29) is 18.5 Å². The number of aromatic nitrogens is 2. The fourth-order valence-corrected chi connectivity index (χ4v) is 3.45. The summed E-state index contributed by atoms with van der Waals surface area (Å²) in [6.45, 7) is 1.26. The van der Waals surface area contributed by atoms with Gasteiger partial charge in [-0.05, 0) is 24.3 Å². The molecule has 1 fully saturated rings. The highest BCUT2D eigenvalue weighted by atomic mass is 16.5. The molecule has 1 aliphatic rings. The van der Waals surface area contributed by atoms with Crippen LogP contribution in [0.1, 0.15) is 5.69 Å². The second-order valence-electron chi connectivity index (χ2n) is 6.87. The van der Waals surface area contributed by atoms with Crippen LogP contribution < -0.4 is 19.7 Å². The standard InChI is InChI=1S/C21H23N5O4/c1-29-17-7-6-16(11-18(17)30-2)26-10-9-25(21(26)28)14-20(27)22-12-15-13-24-8-4-3-5-19(24)23-15/h3-8,11,13H,9-10,12,14H2,1-2H3,(H,22,27). The van der Waals surface area contributed by atoms with Crippen molar-refractivity contribution in [2.45, 2.75) is 6.54 Å². The molecule has 9 nitrogen and oxygen atoms in total. The number of rotatable bonds is 7. The summed E-state index contributed by atoms with van der Waals surface area (Å²) in [5.41, 5.74) is 2.28. The molecule has 0 bridgehead atoms. The number of pyridine rings is 1. The molecule has 30 heavy (non-hydrogen) atoms. The zero-order valence-electron chi connectivity index (χ0n) is 16.9. The molecule has 0 saturated carbocycles. The molecule has 1 aliphatic heterocycles. The quantitative estimate of drug-likeness (QED) is 0.644. The SMILES string of the molecule is COc1ccc(N2CCN(CC(=O)NCc3cn4ccccc4n3)C2=O)cc1OC. The van der Waals surface area contributed by atoms with E-state index >= 15 is 0 Å². The number of methoxy groups -OCH3 is 2. The minimum atomic E-state index is -0.227. The number of amides is 3. The molecule has 0 atom stereocenters. The zero-order valence-corrected chi connectivity index (χ0v) is 16.9. The van der Waals surface area contributed by atoms with E-state index in [4.69, 9.17) is 9.47 Å². The zero-order chi connectivity index (χ0) is 21.1. The van der Waals surface area contributed by atoms with Crippen LogP contribution in [-0.4, -0.2) is 60.1 Å². The van der Waals surface area contributed by atoms with Crippen molar-refractivity contribution >= 4 is 23.3 Å². The van der Waals surface area contributed by atoms with Gasteiger partial charge >= 0.3 is 6.03 Å². The van der Waals surface area contributed by atoms with E-state index in [1.54, 1.807) is 37.3 Å². The van der Waals surface area contributed by atoms with Crippen LogP contribution in [0.2, 0.25) is 0 Å². The number of imidazole rings is 1. The molecule has 1 N–H and O–H groups in total. The molecule has 156 valence electrons. The molecule has 0 spiro atoms. The van der Waals surface area contributed by atoms with Crippen molar-refractivity contribution in [1.29, 1.82) is 0 Å². The van der Waals surface area contributed by atoms with Gasteiger partial charge in [0.05, 0.1) is 26.5 Å². The third kappa shape index (κ3) is 3.86. The topological polar surface area (TPSA) is 88.4 Å². The van der Waals surface area contributed by atoms with Crippen LogP contribution >= 0.6 is 0 Å². The number of nitrogens with one attached hydrogen (secondary N) is 1. The highest BCUT2D eigenvalue weighted by Gasteiger charge is 2.31. The number of nitrogens with zero attached hydrogens (tertiary/aromatic N) is 4. The predicted molar refractivity (Wildman–Crippen MR) is 111 cm³/mol. The van der Waals surface area contributed by atoms with Crippen LogP contribution in [-0.2, 0) is 11.3 Å². The lowest BCUT2D eigenvalue weighted by Crippen LogP contribution is -2.39. The fourth-order valence-electron chi connectivity index (χ4n) is 3.45. The van der Waals surface area contributed by atoms with Crippen LogP contribution in [0, 0.1) is 0 Å². The van der Waals surface area contributed by atoms with Crippen molar-refractivity contribution in [3.63, 3.8) is 0 Å². The first-order valence-corrected chi connectivity index (χ1v) is 9.57. The first kappa shape index (κ1) is 19.6. The number of fused-ring (bicyclic) bond motifs is 1. The Morgan fingerprint density at radius 3 is 2.73 bits per heavy atom. The van der Waals surface area contributed by atoms with Crippen molar-refractivity contribution in [1.82, 2.24) is 19.6 Å². The number of urea groups is 1. The predicted octanol–water partition coefficient (Wildman–Crippen LogP) is 1.91. The lowest BCUT2D eigenvalue weighted by molar-refractivity contribution is -0.121. The molecule has 0 aliphatic carbocycles. The van der Waals surface area contributed by atoms with Gasteiger partial charge in [0.1, 0.15) is 12.2 Å². The number of ether oxygens (including phenoxy) is 2. The number of hydrogen-bond donors (Lipinski definition) is 1. The van der Waals surface area contributed by atoms with Gasteiger partial charge in [-0.3, -0.25) is 9.69 Å². The highest BCUT2D eigenvalue weighted by Crippen LogP contribution is 2.32. The molecular formula is C21H23N5O4. The largest absolute Gasteiger partial charge is 0.493 e. The summed E-state index contributed by atoms with van der Waals surface area (Å²) in [7, 11) is 3.11. The number of carbonyl (C=O) groups is 2.